The molecule has 136 valence electrons. The van der Waals surface area contributed by atoms with E-state index < -0.39 is 0 Å². The summed E-state index contributed by atoms with van der Waals surface area (Å²) in [5, 5.41) is 0. The van der Waals surface area contributed by atoms with Crippen molar-refractivity contribution < 1.29 is 4.79 Å². The van der Waals surface area contributed by atoms with Crippen LogP contribution in [-0.2, 0) is 12.8 Å². The lowest BCUT2D eigenvalue weighted by Gasteiger charge is -2.22. The van der Waals surface area contributed by atoms with Crippen LogP contribution in [0.3, 0.4) is 0 Å². The normalized spacial score (nSPS) is 13.2. The first kappa shape index (κ1) is 17.2. The SMILES string of the molecule is CCN1c2ncc(CCc3ccccc3)cc2C(=O)N(C)c2cccnc21. The molecule has 27 heavy (non-hydrogen) atoms. The molecule has 1 aliphatic heterocycles. The maximum atomic E-state index is 13.1. The number of carbonyl (C=O) groups excluding carboxylic acids is 1. The molecule has 0 N–H and O–H groups in total. The Morgan fingerprint density at radius 3 is 2.48 bits per heavy atom. The second-order valence-corrected chi connectivity index (χ2v) is 6.65. The number of pyridine rings is 2. The third-order valence-electron chi connectivity index (χ3n) is 4.96. The highest BCUT2D eigenvalue weighted by Gasteiger charge is 2.30. The number of amides is 1. The molecule has 0 fully saturated rings. The zero-order chi connectivity index (χ0) is 18.8. The van der Waals surface area contributed by atoms with Crippen molar-refractivity contribution in [2.45, 2.75) is 19.8 Å². The summed E-state index contributed by atoms with van der Waals surface area (Å²) >= 11 is 0. The van der Waals surface area contributed by atoms with Crippen LogP contribution >= 0.6 is 0 Å². The first-order chi connectivity index (χ1) is 13.2. The van der Waals surface area contributed by atoms with E-state index in [-0.39, 0.29) is 5.91 Å². The molecule has 0 saturated heterocycles. The third-order valence-corrected chi connectivity index (χ3v) is 4.96. The Kier molecular flexibility index (Phi) is 4.59. The summed E-state index contributed by atoms with van der Waals surface area (Å²) in [6.45, 7) is 2.73. The van der Waals surface area contributed by atoms with E-state index in [1.54, 1.807) is 18.1 Å². The van der Waals surface area contributed by atoms with E-state index in [0.717, 1.165) is 29.9 Å². The van der Waals surface area contributed by atoms with Gasteiger partial charge in [-0.3, -0.25) is 4.79 Å². The molecule has 2 aromatic heterocycles. The maximum Gasteiger partial charge on any atom is 0.261 e. The Morgan fingerprint density at radius 1 is 0.926 bits per heavy atom. The van der Waals surface area contributed by atoms with Crippen LogP contribution in [0.25, 0.3) is 0 Å². The Balaban J connectivity index is 1.71. The van der Waals surface area contributed by atoms with Crippen molar-refractivity contribution in [2.75, 3.05) is 23.4 Å². The van der Waals surface area contributed by atoms with Gasteiger partial charge in [-0.25, -0.2) is 9.97 Å². The largest absolute Gasteiger partial charge is 0.309 e. The van der Waals surface area contributed by atoms with Gasteiger partial charge in [0.15, 0.2) is 5.82 Å². The molecule has 4 rings (SSSR count). The van der Waals surface area contributed by atoms with Crippen molar-refractivity contribution in [2.24, 2.45) is 0 Å². The summed E-state index contributed by atoms with van der Waals surface area (Å²) in [5.41, 5.74) is 3.77. The number of rotatable bonds is 4. The second-order valence-electron chi connectivity index (χ2n) is 6.65. The quantitative estimate of drug-likeness (QED) is 0.707. The lowest BCUT2D eigenvalue weighted by molar-refractivity contribution is 0.0994. The summed E-state index contributed by atoms with van der Waals surface area (Å²) in [7, 11) is 1.79. The van der Waals surface area contributed by atoms with Crippen LogP contribution in [0.15, 0.2) is 60.9 Å². The number of hydrogen-bond acceptors (Lipinski definition) is 4. The van der Waals surface area contributed by atoms with E-state index in [9.17, 15) is 4.79 Å². The average Bonchev–Trinajstić information content (AvgIpc) is 2.81. The minimum atomic E-state index is -0.0516. The van der Waals surface area contributed by atoms with E-state index in [1.165, 1.54) is 5.56 Å². The molecule has 0 atom stereocenters. The highest BCUT2D eigenvalue weighted by atomic mass is 16.2. The molecule has 5 nitrogen and oxygen atoms in total. The average molecular weight is 358 g/mol. The predicted octanol–water partition coefficient (Wildman–Crippen LogP) is 4.01. The van der Waals surface area contributed by atoms with Crippen LogP contribution < -0.4 is 9.80 Å². The molecule has 3 heterocycles. The number of nitrogens with zero attached hydrogens (tertiary/aromatic N) is 4. The fourth-order valence-corrected chi connectivity index (χ4v) is 3.49. The van der Waals surface area contributed by atoms with Crippen LogP contribution in [0.2, 0.25) is 0 Å². The van der Waals surface area contributed by atoms with Gasteiger partial charge in [0.2, 0.25) is 0 Å². The number of aryl methyl sites for hydroxylation is 2. The highest BCUT2D eigenvalue weighted by molar-refractivity contribution is 6.12. The zero-order valence-corrected chi connectivity index (χ0v) is 15.6. The van der Waals surface area contributed by atoms with E-state index in [1.807, 2.05) is 54.4 Å². The Bertz CT molecular complexity index is 971. The fourth-order valence-electron chi connectivity index (χ4n) is 3.49. The summed E-state index contributed by atoms with van der Waals surface area (Å²) in [6.07, 6.45) is 5.40. The van der Waals surface area contributed by atoms with Gasteiger partial charge in [0.05, 0.1) is 11.3 Å². The number of anilines is 3. The number of fused-ring (bicyclic) bond motifs is 2. The van der Waals surface area contributed by atoms with Gasteiger partial charge in [-0.2, -0.15) is 0 Å². The number of carbonyl (C=O) groups is 1. The van der Waals surface area contributed by atoms with Gasteiger partial charge < -0.3 is 9.80 Å². The lowest BCUT2D eigenvalue weighted by atomic mass is 10.0. The standard InChI is InChI=1S/C22H22N4O/c1-3-26-20-18(22(27)25(2)19-10-7-13-23-21(19)26)14-17(15-24-20)12-11-16-8-5-4-6-9-16/h4-10,13-15H,3,11-12H2,1-2H3. The van der Waals surface area contributed by atoms with E-state index in [4.69, 9.17) is 0 Å². The van der Waals surface area contributed by atoms with Crippen LogP contribution in [0.1, 0.15) is 28.4 Å². The maximum absolute atomic E-state index is 13.1. The van der Waals surface area contributed by atoms with Gasteiger partial charge in [-0.1, -0.05) is 30.3 Å². The summed E-state index contributed by atoms with van der Waals surface area (Å²) in [5.74, 6) is 1.39. The number of benzene rings is 1. The van der Waals surface area contributed by atoms with E-state index >= 15 is 0 Å². The van der Waals surface area contributed by atoms with Gasteiger partial charge in [0, 0.05) is 26.0 Å². The van der Waals surface area contributed by atoms with Crippen molar-refractivity contribution in [3.05, 3.63) is 77.6 Å². The number of hydrogen-bond donors (Lipinski definition) is 0. The minimum absolute atomic E-state index is 0.0516. The molecule has 5 heteroatoms. The smallest absolute Gasteiger partial charge is 0.261 e. The van der Waals surface area contributed by atoms with Crippen molar-refractivity contribution in [3.8, 4) is 0 Å². The first-order valence-electron chi connectivity index (χ1n) is 9.22. The Hall–Kier alpha value is -3.21. The van der Waals surface area contributed by atoms with Crippen LogP contribution in [0.4, 0.5) is 17.3 Å². The van der Waals surface area contributed by atoms with Crippen LogP contribution in [-0.4, -0.2) is 29.5 Å². The van der Waals surface area contributed by atoms with E-state index in [0.29, 0.717) is 17.9 Å². The van der Waals surface area contributed by atoms with Gasteiger partial charge in [0.25, 0.3) is 5.91 Å². The van der Waals surface area contributed by atoms with Gasteiger partial charge in [-0.15, -0.1) is 0 Å². The van der Waals surface area contributed by atoms with Crippen LogP contribution in [0.5, 0.6) is 0 Å². The van der Waals surface area contributed by atoms with Gasteiger partial charge in [0.1, 0.15) is 5.82 Å². The van der Waals surface area contributed by atoms with Crippen molar-refractivity contribution in [3.63, 3.8) is 0 Å². The predicted molar refractivity (Wildman–Crippen MR) is 108 cm³/mol. The zero-order valence-electron chi connectivity index (χ0n) is 15.6. The molecule has 0 aliphatic carbocycles. The lowest BCUT2D eigenvalue weighted by Crippen LogP contribution is -2.25. The third kappa shape index (κ3) is 3.16. The molecule has 0 bridgehead atoms. The fraction of sp³-hybridized carbons (Fsp3) is 0.227. The molecule has 1 aromatic carbocycles. The van der Waals surface area contributed by atoms with Crippen molar-refractivity contribution in [1.29, 1.82) is 0 Å². The summed E-state index contributed by atoms with van der Waals surface area (Å²) in [4.78, 5) is 26.0. The first-order valence-corrected chi connectivity index (χ1v) is 9.22. The Morgan fingerprint density at radius 2 is 1.70 bits per heavy atom. The topological polar surface area (TPSA) is 49.3 Å². The Labute approximate surface area is 159 Å². The van der Waals surface area contributed by atoms with Gasteiger partial charge in [-0.05, 0) is 49.1 Å². The molecule has 1 aliphatic rings. The van der Waals surface area contributed by atoms with E-state index in [2.05, 4.69) is 22.1 Å². The molecular weight excluding hydrogens is 336 g/mol. The minimum Gasteiger partial charge on any atom is -0.309 e. The van der Waals surface area contributed by atoms with Gasteiger partial charge >= 0.3 is 0 Å². The molecule has 0 spiro atoms. The molecule has 1 amide bonds. The molecule has 0 unspecified atom stereocenters. The molecule has 3 aromatic rings. The number of aromatic nitrogens is 2. The molecular formula is C22H22N4O. The molecule has 0 saturated carbocycles. The summed E-state index contributed by atoms with van der Waals surface area (Å²) in [6, 6.07) is 16.1. The highest BCUT2D eigenvalue weighted by Crippen LogP contribution is 2.37. The monoisotopic (exact) mass is 358 g/mol. The second kappa shape index (κ2) is 7.19. The summed E-state index contributed by atoms with van der Waals surface area (Å²) < 4.78 is 0. The van der Waals surface area contributed by atoms with Crippen LogP contribution in [0, 0.1) is 0 Å². The molecule has 0 radical (unpaired) electrons. The van der Waals surface area contributed by atoms with Crippen molar-refractivity contribution >= 4 is 23.2 Å². The van der Waals surface area contributed by atoms with Crippen molar-refractivity contribution in [1.82, 2.24) is 9.97 Å².